The molecule has 0 spiro atoms. The number of hydrogen-bond donors (Lipinski definition) is 1. The summed E-state index contributed by atoms with van der Waals surface area (Å²) in [5.41, 5.74) is 6.25. The number of benzene rings is 2. The average Bonchev–Trinajstić information content (AvgIpc) is 2.28. The monoisotopic (exact) mass is 325 g/mol. The van der Waals surface area contributed by atoms with Gasteiger partial charge in [-0.2, -0.15) is 0 Å². The molecule has 0 aliphatic heterocycles. The third-order valence-corrected chi connectivity index (χ3v) is 2.90. The summed E-state index contributed by atoms with van der Waals surface area (Å²) < 4.78 is 19.3. The van der Waals surface area contributed by atoms with Gasteiger partial charge in [0.05, 0.1) is 0 Å². The smallest absolute Gasteiger partial charge is 0.131 e. The van der Waals surface area contributed by atoms with Gasteiger partial charge in [-0.15, -0.1) is 0 Å². The second-order valence-electron chi connectivity index (χ2n) is 3.60. The van der Waals surface area contributed by atoms with E-state index in [1.54, 1.807) is 30.3 Å². The predicted octanol–water partition coefficient (Wildman–Crippen LogP) is 4.01. The van der Waals surface area contributed by atoms with Crippen LogP contribution in [0.2, 0.25) is 0 Å². The van der Waals surface area contributed by atoms with Crippen molar-refractivity contribution in [1.29, 1.82) is 0 Å². The third-order valence-electron chi connectivity index (χ3n) is 2.21. The highest BCUT2D eigenvalue weighted by Gasteiger charge is 2.02. The quantitative estimate of drug-likeness (QED) is 0.866. The summed E-state index contributed by atoms with van der Waals surface area (Å²) in [6, 6.07) is 11.3. The van der Waals surface area contributed by atoms with E-state index < -0.39 is 0 Å². The van der Waals surface area contributed by atoms with Gasteiger partial charge in [0.15, 0.2) is 0 Å². The van der Waals surface area contributed by atoms with Crippen LogP contribution >= 0.6 is 28.1 Å². The van der Waals surface area contributed by atoms with Crippen molar-refractivity contribution >= 4 is 33.1 Å². The summed E-state index contributed by atoms with van der Waals surface area (Å²) in [4.78, 5) is 0.329. The third kappa shape index (κ3) is 3.27. The number of halogens is 2. The molecule has 0 aliphatic carbocycles. The Bertz CT molecular complexity index is 566. The van der Waals surface area contributed by atoms with E-state index in [0.717, 1.165) is 5.56 Å². The van der Waals surface area contributed by atoms with Crippen LogP contribution in [0.3, 0.4) is 0 Å². The lowest BCUT2D eigenvalue weighted by atomic mass is 10.2. The minimum Gasteiger partial charge on any atom is -0.457 e. The minimum absolute atomic E-state index is 0.329. The Kier molecular flexibility index (Phi) is 3.93. The van der Waals surface area contributed by atoms with Crippen molar-refractivity contribution in [2.24, 2.45) is 5.73 Å². The molecule has 0 saturated carbocycles. The summed E-state index contributed by atoms with van der Waals surface area (Å²) in [5, 5.41) is 0. The van der Waals surface area contributed by atoms with Gasteiger partial charge >= 0.3 is 0 Å². The molecular weight excluding hydrogens is 317 g/mol. The topological polar surface area (TPSA) is 35.2 Å². The Balaban J connectivity index is 2.20. The first-order valence-corrected chi connectivity index (χ1v) is 6.28. The molecule has 0 unspecified atom stereocenters. The van der Waals surface area contributed by atoms with Crippen molar-refractivity contribution in [1.82, 2.24) is 0 Å². The number of nitrogens with two attached hydrogens (primary N) is 1. The van der Waals surface area contributed by atoms with E-state index in [-0.39, 0.29) is 5.82 Å². The maximum Gasteiger partial charge on any atom is 0.131 e. The van der Waals surface area contributed by atoms with E-state index in [0.29, 0.717) is 21.0 Å². The lowest BCUT2D eigenvalue weighted by Crippen LogP contribution is -2.08. The van der Waals surface area contributed by atoms with Crippen LogP contribution in [0.4, 0.5) is 4.39 Å². The Labute approximate surface area is 118 Å². The van der Waals surface area contributed by atoms with Gasteiger partial charge in [-0.3, -0.25) is 0 Å². The average molecular weight is 326 g/mol. The predicted molar refractivity (Wildman–Crippen MR) is 76.5 cm³/mol. The van der Waals surface area contributed by atoms with Crippen LogP contribution in [0, 0.1) is 5.82 Å². The summed E-state index contributed by atoms with van der Waals surface area (Å²) in [5.74, 6) is 0.650. The molecule has 0 heterocycles. The van der Waals surface area contributed by atoms with Gasteiger partial charge in [0.2, 0.25) is 0 Å². The van der Waals surface area contributed by atoms with Crippen LogP contribution in [0.1, 0.15) is 5.56 Å². The van der Waals surface area contributed by atoms with Gasteiger partial charge in [-0.05, 0) is 36.4 Å². The van der Waals surface area contributed by atoms with Gasteiger partial charge in [-0.25, -0.2) is 4.39 Å². The van der Waals surface area contributed by atoms with Crippen LogP contribution in [0.15, 0.2) is 46.9 Å². The highest BCUT2D eigenvalue weighted by molar-refractivity contribution is 9.10. The Hall–Kier alpha value is -1.46. The molecule has 2 rings (SSSR count). The highest BCUT2D eigenvalue weighted by Crippen LogP contribution is 2.26. The maximum absolute atomic E-state index is 13.2. The fraction of sp³-hybridized carbons (Fsp3) is 0. The molecule has 0 fully saturated rings. The fourth-order valence-corrected chi connectivity index (χ4v) is 1.99. The van der Waals surface area contributed by atoms with E-state index in [2.05, 4.69) is 15.9 Å². The zero-order valence-electron chi connectivity index (χ0n) is 9.19. The lowest BCUT2D eigenvalue weighted by molar-refractivity contribution is 0.476. The first-order valence-electron chi connectivity index (χ1n) is 5.08. The molecular formula is C13H9BrFNOS. The largest absolute Gasteiger partial charge is 0.457 e. The second-order valence-corrected chi connectivity index (χ2v) is 4.95. The van der Waals surface area contributed by atoms with Gasteiger partial charge < -0.3 is 10.5 Å². The van der Waals surface area contributed by atoms with E-state index >= 15 is 0 Å². The first-order chi connectivity index (χ1) is 8.54. The number of rotatable bonds is 3. The molecule has 0 bridgehead atoms. The van der Waals surface area contributed by atoms with Gasteiger partial charge in [0, 0.05) is 16.1 Å². The zero-order valence-corrected chi connectivity index (χ0v) is 11.6. The molecule has 2 N–H and O–H groups in total. The van der Waals surface area contributed by atoms with Crippen molar-refractivity contribution in [2.45, 2.75) is 0 Å². The molecule has 0 radical (unpaired) electrons. The highest BCUT2D eigenvalue weighted by atomic mass is 79.9. The van der Waals surface area contributed by atoms with Crippen LogP contribution in [-0.4, -0.2) is 4.99 Å². The van der Waals surface area contributed by atoms with Crippen molar-refractivity contribution in [2.75, 3.05) is 0 Å². The zero-order chi connectivity index (χ0) is 13.1. The first kappa shape index (κ1) is 13.0. The van der Waals surface area contributed by atoms with E-state index in [4.69, 9.17) is 22.7 Å². The molecule has 2 aromatic rings. The van der Waals surface area contributed by atoms with E-state index in [9.17, 15) is 4.39 Å². The Morgan fingerprint density at radius 2 is 1.78 bits per heavy atom. The number of thiocarbonyl (C=S) groups is 1. The van der Waals surface area contributed by atoms with Crippen molar-refractivity contribution in [3.05, 3.63) is 58.3 Å². The van der Waals surface area contributed by atoms with E-state index in [1.807, 2.05) is 0 Å². The van der Waals surface area contributed by atoms with Crippen molar-refractivity contribution in [3.63, 3.8) is 0 Å². The number of ether oxygens (including phenoxy) is 1. The van der Waals surface area contributed by atoms with Gasteiger partial charge in [0.1, 0.15) is 22.3 Å². The molecule has 2 aromatic carbocycles. The summed E-state index contributed by atoms with van der Waals surface area (Å²) in [6.45, 7) is 0. The molecule has 2 nitrogen and oxygen atoms in total. The summed E-state index contributed by atoms with van der Waals surface area (Å²) in [7, 11) is 0. The van der Waals surface area contributed by atoms with Crippen molar-refractivity contribution in [3.8, 4) is 11.5 Å². The molecule has 18 heavy (non-hydrogen) atoms. The number of hydrogen-bond acceptors (Lipinski definition) is 2. The normalized spacial score (nSPS) is 10.1. The van der Waals surface area contributed by atoms with Crippen LogP contribution in [-0.2, 0) is 0 Å². The molecule has 5 heteroatoms. The van der Waals surface area contributed by atoms with Crippen LogP contribution in [0.25, 0.3) is 0 Å². The maximum atomic E-state index is 13.2. The van der Waals surface area contributed by atoms with Crippen LogP contribution < -0.4 is 10.5 Å². The lowest BCUT2D eigenvalue weighted by Gasteiger charge is -2.07. The summed E-state index contributed by atoms with van der Waals surface area (Å²) in [6.07, 6.45) is 0. The molecule has 0 atom stereocenters. The van der Waals surface area contributed by atoms with E-state index in [1.165, 1.54) is 12.1 Å². The summed E-state index contributed by atoms with van der Waals surface area (Å²) >= 11 is 8.05. The molecule has 0 saturated heterocycles. The molecule has 0 aliphatic rings. The molecule has 92 valence electrons. The van der Waals surface area contributed by atoms with Crippen LogP contribution in [0.5, 0.6) is 11.5 Å². The standard InChI is InChI=1S/C13H9BrFNOS/c14-9-5-10(15)7-12(6-9)17-11-3-1-8(2-4-11)13(16)18/h1-7H,(H2,16,18). The Morgan fingerprint density at radius 1 is 1.11 bits per heavy atom. The van der Waals surface area contributed by atoms with Crippen molar-refractivity contribution < 1.29 is 9.13 Å². The molecule has 0 amide bonds. The Morgan fingerprint density at radius 3 is 2.33 bits per heavy atom. The SMILES string of the molecule is NC(=S)c1ccc(Oc2cc(F)cc(Br)c2)cc1. The van der Waals surface area contributed by atoms with Gasteiger partial charge in [-0.1, -0.05) is 28.1 Å². The minimum atomic E-state index is -0.362. The van der Waals surface area contributed by atoms with Gasteiger partial charge in [0.25, 0.3) is 0 Å². The molecule has 0 aromatic heterocycles. The fourth-order valence-electron chi connectivity index (χ4n) is 1.41. The second kappa shape index (κ2) is 5.46.